The van der Waals surface area contributed by atoms with E-state index in [2.05, 4.69) is 37.3 Å². The molecule has 3 unspecified atom stereocenters. The monoisotopic (exact) mass is 213 g/mol. The highest BCUT2D eigenvalue weighted by Gasteiger charge is 2.41. The summed E-state index contributed by atoms with van der Waals surface area (Å²) < 4.78 is 0. The number of nitrogens with two attached hydrogens (primary N) is 1. The summed E-state index contributed by atoms with van der Waals surface area (Å²) in [6.45, 7) is 2.29. The van der Waals surface area contributed by atoms with Crippen molar-refractivity contribution in [2.45, 2.75) is 32.2 Å². The molecule has 1 aromatic carbocycles. The Morgan fingerprint density at radius 2 is 1.75 bits per heavy atom. The molecule has 1 heteroatoms. The van der Waals surface area contributed by atoms with Crippen molar-refractivity contribution in [3.05, 3.63) is 41.5 Å². The van der Waals surface area contributed by atoms with Crippen molar-refractivity contribution in [2.75, 3.05) is 0 Å². The number of rotatable bonds is 1. The Morgan fingerprint density at radius 3 is 2.44 bits per heavy atom. The molecule has 1 aromatic rings. The summed E-state index contributed by atoms with van der Waals surface area (Å²) >= 11 is 0. The fraction of sp³-hybridized carbons (Fsp3) is 0.467. The van der Waals surface area contributed by atoms with Gasteiger partial charge in [0.25, 0.3) is 0 Å². The van der Waals surface area contributed by atoms with E-state index >= 15 is 0 Å². The Balaban J connectivity index is 2.07. The number of fused-ring (bicyclic) bond motifs is 2. The van der Waals surface area contributed by atoms with E-state index in [4.69, 9.17) is 5.73 Å². The fourth-order valence-corrected chi connectivity index (χ4v) is 3.62. The van der Waals surface area contributed by atoms with Gasteiger partial charge < -0.3 is 5.73 Å². The molecule has 1 saturated carbocycles. The molecule has 3 rings (SSSR count). The van der Waals surface area contributed by atoms with Crippen LogP contribution >= 0.6 is 0 Å². The number of hydrogen-bond donors (Lipinski definition) is 1. The van der Waals surface area contributed by atoms with Gasteiger partial charge in [-0.3, -0.25) is 0 Å². The van der Waals surface area contributed by atoms with Crippen LogP contribution in [-0.2, 0) is 0 Å². The third kappa shape index (κ3) is 1.35. The zero-order valence-corrected chi connectivity index (χ0v) is 9.82. The Morgan fingerprint density at radius 1 is 1.06 bits per heavy atom. The molecule has 0 aliphatic heterocycles. The maximum atomic E-state index is 6.36. The zero-order valence-electron chi connectivity index (χ0n) is 9.82. The normalized spacial score (nSPS) is 33.2. The van der Waals surface area contributed by atoms with Crippen molar-refractivity contribution in [3.8, 4) is 0 Å². The second-order valence-corrected chi connectivity index (χ2v) is 5.18. The molecule has 3 atom stereocenters. The van der Waals surface area contributed by atoms with Crippen LogP contribution in [0.15, 0.2) is 35.9 Å². The minimum absolute atomic E-state index is 0.379. The van der Waals surface area contributed by atoms with Crippen molar-refractivity contribution >= 4 is 5.57 Å². The van der Waals surface area contributed by atoms with Crippen LogP contribution in [0.4, 0.5) is 0 Å². The van der Waals surface area contributed by atoms with Gasteiger partial charge in [-0.15, -0.1) is 0 Å². The highest BCUT2D eigenvalue weighted by atomic mass is 14.7. The second kappa shape index (κ2) is 3.74. The molecule has 2 N–H and O–H groups in total. The van der Waals surface area contributed by atoms with Crippen molar-refractivity contribution in [1.82, 2.24) is 0 Å². The predicted molar refractivity (Wildman–Crippen MR) is 67.8 cm³/mol. The Kier molecular flexibility index (Phi) is 2.36. The molecule has 0 saturated heterocycles. The molecule has 0 heterocycles. The summed E-state index contributed by atoms with van der Waals surface area (Å²) in [5.74, 6) is 1.26. The topological polar surface area (TPSA) is 26.0 Å². The summed E-state index contributed by atoms with van der Waals surface area (Å²) in [5, 5.41) is 0. The molecule has 2 aliphatic rings. The lowest BCUT2D eigenvalue weighted by molar-refractivity contribution is 0.323. The van der Waals surface area contributed by atoms with Crippen LogP contribution < -0.4 is 5.73 Å². The quantitative estimate of drug-likeness (QED) is 0.761. The van der Waals surface area contributed by atoms with Crippen LogP contribution in [0.2, 0.25) is 0 Å². The maximum absolute atomic E-state index is 6.36. The van der Waals surface area contributed by atoms with Gasteiger partial charge in [-0.05, 0) is 36.8 Å². The van der Waals surface area contributed by atoms with Gasteiger partial charge in [0.1, 0.15) is 0 Å². The first-order valence-corrected chi connectivity index (χ1v) is 6.30. The summed E-state index contributed by atoms with van der Waals surface area (Å²) in [6, 6.07) is 11.2. The summed E-state index contributed by atoms with van der Waals surface area (Å²) in [6.07, 6.45) is 3.91. The van der Waals surface area contributed by atoms with Gasteiger partial charge in [0, 0.05) is 12.0 Å². The van der Waals surface area contributed by atoms with Gasteiger partial charge in [0.15, 0.2) is 0 Å². The lowest BCUT2D eigenvalue weighted by atomic mass is 9.80. The van der Waals surface area contributed by atoms with Crippen molar-refractivity contribution in [2.24, 2.45) is 17.6 Å². The smallest absolute Gasteiger partial charge is 0.0174 e. The molecule has 0 spiro atoms. The van der Waals surface area contributed by atoms with E-state index in [0.717, 1.165) is 0 Å². The predicted octanol–water partition coefficient (Wildman–Crippen LogP) is 3.22. The molecule has 0 aromatic heterocycles. The highest BCUT2D eigenvalue weighted by molar-refractivity contribution is 5.74. The van der Waals surface area contributed by atoms with Crippen LogP contribution in [0.25, 0.3) is 5.57 Å². The Hall–Kier alpha value is -1.08. The van der Waals surface area contributed by atoms with Gasteiger partial charge in [-0.1, -0.05) is 42.3 Å². The highest BCUT2D eigenvalue weighted by Crippen LogP contribution is 2.49. The third-order valence-electron chi connectivity index (χ3n) is 4.40. The van der Waals surface area contributed by atoms with Crippen LogP contribution in [0.5, 0.6) is 0 Å². The van der Waals surface area contributed by atoms with E-state index in [1.807, 2.05) is 0 Å². The van der Waals surface area contributed by atoms with Gasteiger partial charge in [0.2, 0.25) is 0 Å². The van der Waals surface area contributed by atoms with Crippen LogP contribution in [0.1, 0.15) is 31.7 Å². The summed E-state index contributed by atoms with van der Waals surface area (Å²) in [5.41, 5.74) is 10.9. The second-order valence-electron chi connectivity index (χ2n) is 5.18. The molecule has 84 valence electrons. The molecule has 0 amide bonds. The van der Waals surface area contributed by atoms with Gasteiger partial charge in [-0.2, -0.15) is 0 Å². The average molecular weight is 213 g/mol. The molecule has 0 radical (unpaired) electrons. The lowest BCUT2D eigenvalue weighted by Crippen LogP contribution is -2.36. The van der Waals surface area contributed by atoms with Crippen molar-refractivity contribution in [3.63, 3.8) is 0 Å². The largest absolute Gasteiger partial charge is 0.327 e. The van der Waals surface area contributed by atoms with Crippen LogP contribution in [-0.4, -0.2) is 6.04 Å². The summed E-state index contributed by atoms with van der Waals surface area (Å²) in [7, 11) is 0. The van der Waals surface area contributed by atoms with Crippen molar-refractivity contribution < 1.29 is 0 Å². The third-order valence-corrected chi connectivity index (χ3v) is 4.40. The van der Waals surface area contributed by atoms with Gasteiger partial charge >= 0.3 is 0 Å². The minimum atomic E-state index is 0.379. The first-order valence-electron chi connectivity index (χ1n) is 6.30. The molecular formula is C15H19N. The van der Waals surface area contributed by atoms with Crippen molar-refractivity contribution in [1.29, 1.82) is 0 Å². The minimum Gasteiger partial charge on any atom is -0.327 e. The van der Waals surface area contributed by atoms with E-state index in [-0.39, 0.29) is 0 Å². The van der Waals surface area contributed by atoms with E-state index in [9.17, 15) is 0 Å². The fourth-order valence-electron chi connectivity index (χ4n) is 3.62. The molecule has 1 fully saturated rings. The van der Waals surface area contributed by atoms with Crippen LogP contribution in [0.3, 0.4) is 0 Å². The average Bonchev–Trinajstić information content (AvgIpc) is 2.48. The molecule has 16 heavy (non-hydrogen) atoms. The number of hydrogen-bond acceptors (Lipinski definition) is 1. The Labute approximate surface area is 97.4 Å². The van der Waals surface area contributed by atoms with E-state index in [1.165, 1.54) is 24.8 Å². The maximum Gasteiger partial charge on any atom is 0.0174 e. The SMILES string of the molecule is CC1=C(c2ccccc2)C2CCCC1C2N. The molecular weight excluding hydrogens is 194 g/mol. The summed E-state index contributed by atoms with van der Waals surface area (Å²) in [4.78, 5) is 0. The first kappa shape index (κ1) is 10.1. The zero-order chi connectivity index (χ0) is 11.1. The van der Waals surface area contributed by atoms with Gasteiger partial charge in [-0.25, -0.2) is 0 Å². The molecule has 2 bridgehead atoms. The molecule has 2 aliphatic carbocycles. The Bertz CT molecular complexity index is 418. The van der Waals surface area contributed by atoms with Gasteiger partial charge in [0.05, 0.1) is 0 Å². The lowest BCUT2D eigenvalue weighted by Gasteiger charge is -2.28. The van der Waals surface area contributed by atoms with Crippen LogP contribution in [0, 0.1) is 11.8 Å². The number of benzene rings is 1. The van der Waals surface area contributed by atoms with E-state index in [0.29, 0.717) is 17.9 Å². The first-order chi connectivity index (χ1) is 7.79. The molecule has 1 nitrogen and oxygen atoms in total. The van der Waals surface area contributed by atoms with E-state index < -0.39 is 0 Å². The standard InChI is InChI=1S/C15H19N/c1-10-12-8-5-9-13(15(12)16)14(10)11-6-3-2-4-7-11/h2-4,6-7,12-13,15H,5,8-9,16H2,1H3. The van der Waals surface area contributed by atoms with E-state index in [1.54, 1.807) is 11.1 Å².